The number of methoxy groups -OCH3 is 1. The van der Waals surface area contributed by atoms with Crippen LogP contribution in [-0.4, -0.2) is 37.4 Å². The average Bonchev–Trinajstić information content (AvgIpc) is 2.43. The number of rotatable bonds is 5. The van der Waals surface area contributed by atoms with Gasteiger partial charge in [0.25, 0.3) is 0 Å². The van der Waals surface area contributed by atoms with E-state index in [2.05, 4.69) is 11.8 Å². The summed E-state index contributed by atoms with van der Waals surface area (Å²) in [6.07, 6.45) is 1.62. The first-order valence-corrected chi connectivity index (χ1v) is 6.72. The summed E-state index contributed by atoms with van der Waals surface area (Å²) in [5.74, 6) is -1.10. The number of benzene rings is 1. The quantitative estimate of drug-likeness (QED) is 0.886. The third kappa shape index (κ3) is 2.89. The van der Waals surface area contributed by atoms with Crippen molar-refractivity contribution < 1.29 is 14.6 Å². The number of carboxylic acid groups (broad SMARTS) is 1. The lowest BCUT2D eigenvalue weighted by atomic mass is 9.89. The van der Waals surface area contributed by atoms with E-state index in [-0.39, 0.29) is 5.92 Å². The van der Waals surface area contributed by atoms with Gasteiger partial charge in [0.2, 0.25) is 0 Å². The number of ether oxygens (including phenoxy) is 1. The molecule has 2 unspecified atom stereocenters. The van der Waals surface area contributed by atoms with Crippen molar-refractivity contribution in [3.05, 3.63) is 29.8 Å². The maximum atomic E-state index is 11.3. The molecule has 0 fully saturated rings. The largest absolute Gasteiger partial charge is 0.481 e. The second-order valence-electron chi connectivity index (χ2n) is 5.06. The molecule has 2 rings (SSSR count). The lowest BCUT2D eigenvalue weighted by Crippen LogP contribution is -2.40. The minimum atomic E-state index is -0.725. The fourth-order valence-electron chi connectivity index (χ4n) is 2.75. The Labute approximate surface area is 114 Å². The van der Waals surface area contributed by atoms with Gasteiger partial charge in [0.15, 0.2) is 0 Å². The van der Waals surface area contributed by atoms with Gasteiger partial charge in [-0.05, 0) is 31.4 Å². The van der Waals surface area contributed by atoms with Crippen LogP contribution >= 0.6 is 0 Å². The summed E-state index contributed by atoms with van der Waals surface area (Å²) in [6, 6.07) is 8.20. The second kappa shape index (κ2) is 6.06. The summed E-state index contributed by atoms with van der Waals surface area (Å²) in [4.78, 5) is 13.6. The highest BCUT2D eigenvalue weighted by Crippen LogP contribution is 2.36. The van der Waals surface area contributed by atoms with Crippen molar-refractivity contribution in [1.29, 1.82) is 0 Å². The zero-order valence-corrected chi connectivity index (χ0v) is 11.5. The Bertz CT molecular complexity index is 447. The van der Waals surface area contributed by atoms with Gasteiger partial charge in [-0.2, -0.15) is 0 Å². The molecule has 0 saturated carbocycles. The molecule has 1 heterocycles. The third-order valence-electron chi connectivity index (χ3n) is 3.85. The van der Waals surface area contributed by atoms with Gasteiger partial charge >= 0.3 is 5.97 Å². The maximum Gasteiger partial charge on any atom is 0.311 e. The van der Waals surface area contributed by atoms with Gasteiger partial charge < -0.3 is 14.7 Å². The van der Waals surface area contributed by atoms with Crippen molar-refractivity contribution in [2.45, 2.75) is 31.7 Å². The van der Waals surface area contributed by atoms with E-state index in [0.717, 1.165) is 30.8 Å². The number of para-hydroxylation sites is 1. The molecule has 1 aliphatic rings. The molecule has 1 aromatic carbocycles. The van der Waals surface area contributed by atoms with Crippen molar-refractivity contribution in [2.24, 2.45) is 0 Å². The van der Waals surface area contributed by atoms with Crippen LogP contribution in [-0.2, 0) is 9.53 Å². The maximum absolute atomic E-state index is 11.3. The van der Waals surface area contributed by atoms with Crippen molar-refractivity contribution in [2.75, 3.05) is 25.2 Å². The standard InChI is InChI=1S/C15H21NO3/c1-11(8-10-19-2)16-9-7-13(15(17)18)12-5-3-4-6-14(12)16/h3-6,11,13H,7-10H2,1-2H3,(H,17,18). The molecule has 2 atom stereocenters. The molecule has 1 aromatic rings. The van der Waals surface area contributed by atoms with Gasteiger partial charge in [-0.15, -0.1) is 0 Å². The monoisotopic (exact) mass is 263 g/mol. The minimum Gasteiger partial charge on any atom is -0.481 e. The van der Waals surface area contributed by atoms with E-state index in [1.165, 1.54) is 0 Å². The first-order valence-electron chi connectivity index (χ1n) is 6.72. The number of hydrogen-bond donors (Lipinski definition) is 1. The number of carboxylic acids is 1. The van der Waals surface area contributed by atoms with Crippen LogP contribution in [0.5, 0.6) is 0 Å². The first kappa shape index (κ1) is 13.9. The zero-order valence-electron chi connectivity index (χ0n) is 11.5. The Morgan fingerprint density at radius 1 is 1.53 bits per heavy atom. The Hall–Kier alpha value is -1.55. The number of carbonyl (C=O) groups is 1. The molecule has 4 heteroatoms. The third-order valence-corrected chi connectivity index (χ3v) is 3.85. The van der Waals surface area contributed by atoms with Gasteiger partial charge in [0.1, 0.15) is 0 Å². The highest BCUT2D eigenvalue weighted by molar-refractivity contribution is 5.80. The SMILES string of the molecule is COCCC(C)N1CCC(C(=O)O)c2ccccc21. The molecule has 104 valence electrons. The summed E-state index contributed by atoms with van der Waals surface area (Å²) < 4.78 is 5.13. The molecular formula is C15H21NO3. The molecule has 0 amide bonds. The van der Waals surface area contributed by atoms with E-state index in [4.69, 9.17) is 4.74 Å². The minimum absolute atomic E-state index is 0.357. The van der Waals surface area contributed by atoms with Crippen LogP contribution < -0.4 is 4.90 Å². The predicted octanol–water partition coefficient (Wildman–Crippen LogP) is 2.49. The lowest BCUT2D eigenvalue weighted by molar-refractivity contribution is -0.139. The second-order valence-corrected chi connectivity index (χ2v) is 5.06. The molecule has 0 radical (unpaired) electrons. The van der Waals surface area contributed by atoms with Crippen molar-refractivity contribution in [1.82, 2.24) is 0 Å². The summed E-state index contributed by atoms with van der Waals surface area (Å²) in [5, 5.41) is 9.31. The normalized spacial score (nSPS) is 19.9. The zero-order chi connectivity index (χ0) is 13.8. The van der Waals surface area contributed by atoms with Crippen LogP contribution in [0.3, 0.4) is 0 Å². The number of hydrogen-bond acceptors (Lipinski definition) is 3. The molecule has 1 N–H and O–H groups in total. The highest BCUT2D eigenvalue weighted by Gasteiger charge is 2.31. The molecule has 0 bridgehead atoms. The van der Waals surface area contributed by atoms with Crippen LogP contribution in [0, 0.1) is 0 Å². The molecular weight excluding hydrogens is 242 g/mol. The predicted molar refractivity (Wildman–Crippen MR) is 74.7 cm³/mol. The smallest absolute Gasteiger partial charge is 0.311 e. The van der Waals surface area contributed by atoms with Crippen LogP contribution in [0.15, 0.2) is 24.3 Å². The van der Waals surface area contributed by atoms with E-state index in [1.54, 1.807) is 7.11 Å². The van der Waals surface area contributed by atoms with Crippen molar-refractivity contribution in [3.63, 3.8) is 0 Å². The molecule has 1 aliphatic heterocycles. The number of nitrogens with zero attached hydrogens (tertiary/aromatic N) is 1. The Balaban J connectivity index is 2.25. The van der Waals surface area contributed by atoms with E-state index < -0.39 is 5.97 Å². The van der Waals surface area contributed by atoms with Crippen LogP contribution in [0.2, 0.25) is 0 Å². The summed E-state index contributed by atoms with van der Waals surface area (Å²) >= 11 is 0. The van der Waals surface area contributed by atoms with Crippen LogP contribution in [0.1, 0.15) is 31.2 Å². The Kier molecular flexibility index (Phi) is 4.43. The summed E-state index contributed by atoms with van der Waals surface area (Å²) in [5.41, 5.74) is 2.00. The fourth-order valence-corrected chi connectivity index (χ4v) is 2.75. The first-order chi connectivity index (χ1) is 9.15. The van der Waals surface area contributed by atoms with Crippen molar-refractivity contribution >= 4 is 11.7 Å². The number of aliphatic carboxylic acids is 1. The topological polar surface area (TPSA) is 49.8 Å². The highest BCUT2D eigenvalue weighted by atomic mass is 16.5. The molecule has 4 nitrogen and oxygen atoms in total. The molecule has 0 aliphatic carbocycles. The van der Waals surface area contributed by atoms with Crippen LogP contribution in [0.25, 0.3) is 0 Å². The van der Waals surface area contributed by atoms with E-state index in [1.807, 2.05) is 24.3 Å². The van der Waals surface area contributed by atoms with Gasteiger partial charge in [-0.3, -0.25) is 4.79 Å². The lowest BCUT2D eigenvalue weighted by Gasteiger charge is -2.38. The molecule has 0 spiro atoms. The molecule has 0 saturated heterocycles. The fraction of sp³-hybridized carbons (Fsp3) is 0.533. The van der Waals surface area contributed by atoms with Crippen molar-refractivity contribution in [3.8, 4) is 0 Å². The van der Waals surface area contributed by atoms with E-state index in [9.17, 15) is 9.90 Å². The Morgan fingerprint density at radius 2 is 2.26 bits per heavy atom. The molecule has 19 heavy (non-hydrogen) atoms. The number of anilines is 1. The van der Waals surface area contributed by atoms with Gasteiger partial charge in [0, 0.05) is 32.0 Å². The Morgan fingerprint density at radius 3 is 2.95 bits per heavy atom. The van der Waals surface area contributed by atoms with Crippen LogP contribution in [0.4, 0.5) is 5.69 Å². The summed E-state index contributed by atoms with van der Waals surface area (Å²) in [7, 11) is 1.71. The van der Waals surface area contributed by atoms with Gasteiger partial charge in [0.05, 0.1) is 5.92 Å². The van der Waals surface area contributed by atoms with Gasteiger partial charge in [-0.1, -0.05) is 18.2 Å². The summed E-state index contributed by atoms with van der Waals surface area (Å²) in [6.45, 7) is 3.68. The van der Waals surface area contributed by atoms with E-state index in [0.29, 0.717) is 12.5 Å². The van der Waals surface area contributed by atoms with E-state index >= 15 is 0 Å². The molecule has 0 aromatic heterocycles. The van der Waals surface area contributed by atoms with Gasteiger partial charge in [-0.25, -0.2) is 0 Å². The number of fused-ring (bicyclic) bond motifs is 1. The average molecular weight is 263 g/mol.